The SMILES string of the molecule is Brc1ccc(C2c3ccccc3-c3cccc(-c4cccc(-c5cccc6c5C(c5ccc(Br)cc5)c5ccccc5-6)n4)c32)cc1.Cc1ccccc1. The van der Waals surface area contributed by atoms with Crippen LogP contribution in [0.15, 0.2) is 191 Å². The molecular weight excluding hydrogens is 774 g/mol. The van der Waals surface area contributed by atoms with Crippen molar-refractivity contribution in [1.29, 1.82) is 0 Å². The Morgan fingerprint density at radius 1 is 0.358 bits per heavy atom. The molecule has 2 aliphatic carbocycles. The predicted octanol–water partition coefficient (Wildman–Crippen LogP) is 14.3. The fourth-order valence-electron chi connectivity index (χ4n) is 8.24. The van der Waals surface area contributed by atoms with Crippen LogP contribution in [-0.4, -0.2) is 4.98 Å². The van der Waals surface area contributed by atoms with Gasteiger partial charge >= 0.3 is 0 Å². The molecule has 2 aliphatic rings. The number of nitrogens with zero attached hydrogens (tertiary/aromatic N) is 1. The highest BCUT2D eigenvalue weighted by atomic mass is 79.9. The van der Waals surface area contributed by atoms with Gasteiger partial charge in [0.25, 0.3) is 0 Å². The van der Waals surface area contributed by atoms with Crippen molar-refractivity contribution in [3.63, 3.8) is 0 Å². The van der Waals surface area contributed by atoms with Gasteiger partial charge in [-0.15, -0.1) is 0 Å². The second-order valence-corrected chi connectivity index (χ2v) is 15.6. The van der Waals surface area contributed by atoms with Crippen molar-refractivity contribution in [2.75, 3.05) is 0 Å². The maximum absolute atomic E-state index is 5.46. The number of aromatic nitrogens is 1. The van der Waals surface area contributed by atoms with Crippen LogP contribution in [0.4, 0.5) is 0 Å². The van der Waals surface area contributed by atoms with Crippen LogP contribution in [0.5, 0.6) is 0 Å². The van der Waals surface area contributed by atoms with Crippen LogP contribution >= 0.6 is 31.9 Å². The van der Waals surface area contributed by atoms with E-state index in [1.807, 2.05) is 18.2 Å². The second kappa shape index (κ2) is 14.2. The molecule has 53 heavy (non-hydrogen) atoms. The van der Waals surface area contributed by atoms with E-state index < -0.39 is 0 Å². The summed E-state index contributed by atoms with van der Waals surface area (Å²) in [7, 11) is 0. The van der Waals surface area contributed by atoms with Crippen molar-refractivity contribution in [3.8, 4) is 44.8 Å². The summed E-state index contributed by atoms with van der Waals surface area (Å²) in [6, 6.07) is 65.4. The lowest BCUT2D eigenvalue weighted by Gasteiger charge is -2.20. The highest BCUT2D eigenvalue weighted by Gasteiger charge is 2.34. The molecule has 0 saturated heterocycles. The molecular formula is C50H35Br2N. The third-order valence-electron chi connectivity index (χ3n) is 10.6. The van der Waals surface area contributed by atoms with E-state index in [0.717, 1.165) is 20.3 Å². The highest BCUT2D eigenvalue weighted by molar-refractivity contribution is 9.10. The first-order chi connectivity index (χ1) is 26.0. The highest BCUT2D eigenvalue weighted by Crippen LogP contribution is 2.53. The van der Waals surface area contributed by atoms with E-state index in [-0.39, 0.29) is 11.8 Å². The minimum atomic E-state index is 0.137. The molecule has 0 saturated carbocycles. The van der Waals surface area contributed by atoms with Crippen LogP contribution in [0.3, 0.4) is 0 Å². The Balaban J connectivity index is 0.000000480. The van der Waals surface area contributed by atoms with E-state index in [1.165, 1.54) is 72.3 Å². The third kappa shape index (κ3) is 6.18. The molecule has 2 unspecified atom stereocenters. The van der Waals surface area contributed by atoms with Gasteiger partial charge < -0.3 is 0 Å². The largest absolute Gasteiger partial charge is 0.248 e. The summed E-state index contributed by atoms with van der Waals surface area (Å²) in [5.41, 5.74) is 18.8. The third-order valence-corrected chi connectivity index (χ3v) is 11.6. The molecule has 1 aromatic heterocycles. The van der Waals surface area contributed by atoms with Gasteiger partial charge in [0.2, 0.25) is 0 Å². The van der Waals surface area contributed by atoms with Crippen molar-refractivity contribution in [1.82, 2.24) is 4.98 Å². The lowest BCUT2D eigenvalue weighted by Crippen LogP contribution is -2.03. The number of hydrogen-bond acceptors (Lipinski definition) is 1. The van der Waals surface area contributed by atoms with E-state index >= 15 is 0 Å². The van der Waals surface area contributed by atoms with Crippen LogP contribution < -0.4 is 0 Å². The van der Waals surface area contributed by atoms with E-state index in [2.05, 4.69) is 203 Å². The Morgan fingerprint density at radius 3 is 1.17 bits per heavy atom. The van der Waals surface area contributed by atoms with Crippen LogP contribution in [-0.2, 0) is 0 Å². The second-order valence-electron chi connectivity index (χ2n) is 13.7. The topological polar surface area (TPSA) is 12.9 Å². The maximum atomic E-state index is 5.46. The van der Waals surface area contributed by atoms with Crippen molar-refractivity contribution in [2.24, 2.45) is 0 Å². The summed E-state index contributed by atoms with van der Waals surface area (Å²) < 4.78 is 2.17. The summed E-state index contributed by atoms with van der Waals surface area (Å²) in [6.07, 6.45) is 0. The Bertz CT molecular complexity index is 2430. The van der Waals surface area contributed by atoms with Crippen LogP contribution in [0.25, 0.3) is 44.8 Å². The van der Waals surface area contributed by atoms with Gasteiger partial charge in [-0.25, -0.2) is 4.98 Å². The van der Waals surface area contributed by atoms with Crippen molar-refractivity contribution in [3.05, 3.63) is 230 Å². The summed E-state index contributed by atoms with van der Waals surface area (Å²) in [6.45, 7) is 2.08. The van der Waals surface area contributed by atoms with Gasteiger partial charge in [0.15, 0.2) is 0 Å². The molecule has 3 heteroatoms. The minimum absolute atomic E-state index is 0.137. The van der Waals surface area contributed by atoms with Crippen molar-refractivity contribution >= 4 is 31.9 Å². The number of hydrogen-bond donors (Lipinski definition) is 0. The molecule has 254 valence electrons. The predicted molar refractivity (Wildman–Crippen MR) is 227 cm³/mol. The van der Waals surface area contributed by atoms with Crippen molar-refractivity contribution < 1.29 is 0 Å². The van der Waals surface area contributed by atoms with Crippen molar-refractivity contribution in [2.45, 2.75) is 18.8 Å². The van der Waals surface area contributed by atoms with E-state index in [1.54, 1.807) is 0 Å². The number of rotatable bonds is 4. The fourth-order valence-corrected chi connectivity index (χ4v) is 8.77. The molecule has 2 atom stereocenters. The average Bonchev–Trinajstić information content (AvgIpc) is 3.73. The van der Waals surface area contributed by atoms with E-state index in [9.17, 15) is 0 Å². The van der Waals surface area contributed by atoms with Gasteiger partial charge in [0.05, 0.1) is 11.4 Å². The monoisotopic (exact) mass is 807 g/mol. The fraction of sp³-hybridized carbons (Fsp3) is 0.0600. The molecule has 1 nitrogen and oxygen atoms in total. The van der Waals surface area contributed by atoms with E-state index in [0.29, 0.717) is 0 Å². The normalized spacial score (nSPS) is 14.7. The number of aryl methyl sites for hydroxylation is 1. The lowest BCUT2D eigenvalue weighted by atomic mass is 9.85. The molecule has 0 bridgehead atoms. The molecule has 0 amide bonds. The number of fused-ring (bicyclic) bond motifs is 6. The molecule has 0 N–H and O–H groups in total. The van der Waals surface area contributed by atoms with Crippen LogP contribution in [0, 0.1) is 6.92 Å². The average molecular weight is 810 g/mol. The quantitative estimate of drug-likeness (QED) is 0.173. The van der Waals surface area contributed by atoms with E-state index in [4.69, 9.17) is 4.98 Å². The number of halogens is 2. The Morgan fingerprint density at radius 2 is 0.736 bits per heavy atom. The first-order valence-corrected chi connectivity index (χ1v) is 19.6. The molecule has 8 aromatic rings. The molecule has 0 fully saturated rings. The summed E-state index contributed by atoms with van der Waals surface area (Å²) in [4.78, 5) is 5.46. The summed E-state index contributed by atoms with van der Waals surface area (Å²) in [5.74, 6) is 0.274. The standard InChI is InChI=1S/C43H27Br2N.C7H8/c44-28-22-18-26(19-23-28)40-32-10-3-1-8-30(32)34-12-5-14-36(42(34)40)38-16-7-17-39(46-38)37-15-6-13-35-31-9-2-4-11-33(31)41(43(35)37)27-20-24-29(45)25-21-27;1-7-5-3-2-4-6-7/h1-25,40-41H;2-6H,1H3. The van der Waals surface area contributed by atoms with Gasteiger partial charge in [0.1, 0.15) is 0 Å². The molecule has 7 aromatic carbocycles. The first kappa shape index (κ1) is 33.5. The smallest absolute Gasteiger partial charge is 0.0712 e. The Hall–Kier alpha value is -5.35. The van der Waals surface area contributed by atoms with Gasteiger partial charge in [-0.05, 0) is 99.0 Å². The molecule has 1 heterocycles. The van der Waals surface area contributed by atoms with Gasteiger partial charge in [-0.3, -0.25) is 0 Å². The minimum Gasteiger partial charge on any atom is -0.248 e. The number of pyridine rings is 1. The number of benzene rings is 7. The lowest BCUT2D eigenvalue weighted by molar-refractivity contribution is 1.01. The molecule has 0 aliphatic heterocycles. The summed E-state index contributed by atoms with van der Waals surface area (Å²) in [5, 5.41) is 0. The van der Waals surface area contributed by atoms with Gasteiger partial charge in [-0.1, -0.05) is 183 Å². The zero-order valence-corrected chi connectivity index (χ0v) is 32.4. The Labute approximate surface area is 328 Å². The van der Waals surface area contributed by atoms with Gasteiger partial charge in [-0.2, -0.15) is 0 Å². The zero-order valence-electron chi connectivity index (χ0n) is 29.2. The molecule has 0 radical (unpaired) electrons. The molecule has 0 spiro atoms. The van der Waals surface area contributed by atoms with Crippen LogP contribution in [0.1, 0.15) is 50.8 Å². The maximum Gasteiger partial charge on any atom is 0.0712 e. The van der Waals surface area contributed by atoms with Crippen LogP contribution in [0.2, 0.25) is 0 Å². The summed E-state index contributed by atoms with van der Waals surface area (Å²) >= 11 is 7.28. The van der Waals surface area contributed by atoms with Gasteiger partial charge in [0, 0.05) is 31.9 Å². The zero-order chi connectivity index (χ0) is 35.9. The molecule has 10 rings (SSSR count). The Kier molecular flexibility index (Phi) is 8.99. The first-order valence-electron chi connectivity index (χ1n) is 18.0.